The summed E-state index contributed by atoms with van der Waals surface area (Å²) in [5.41, 5.74) is 2.23. The summed E-state index contributed by atoms with van der Waals surface area (Å²) in [7, 11) is 1.87. The maximum atomic E-state index is 6.08. The fraction of sp³-hybridized carbons (Fsp3) is 0.333. The van der Waals surface area contributed by atoms with Gasteiger partial charge >= 0.3 is 0 Å². The Morgan fingerprint density at radius 2 is 2.07 bits per heavy atom. The van der Waals surface area contributed by atoms with E-state index >= 15 is 0 Å². The van der Waals surface area contributed by atoms with Crippen LogP contribution in [0.3, 0.4) is 0 Å². The minimum absolute atomic E-state index is 0.763. The number of nitrogens with one attached hydrogen (secondary N) is 1. The van der Waals surface area contributed by atoms with Crippen molar-refractivity contribution in [1.29, 1.82) is 0 Å². The first-order valence-corrected chi connectivity index (χ1v) is 5.36. The van der Waals surface area contributed by atoms with Gasteiger partial charge in [-0.3, -0.25) is 0 Å². The molecule has 0 saturated heterocycles. The van der Waals surface area contributed by atoms with Gasteiger partial charge in [-0.15, -0.1) is 0 Å². The van der Waals surface area contributed by atoms with Crippen LogP contribution in [0.2, 0.25) is 0 Å². The average molecular weight is 225 g/mol. The fourth-order valence-corrected chi connectivity index (χ4v) is 1.46. The van der Waals surface area contributed by atoms with Crippen LogP contribution in [0, 0.1) is 0 Å². The molecule has 0 bridgehead atoms. The summed E-state index contributed by atoms with van der Waals surface area (Å²) >= 11 is 6.08. The number of rotatable bonds is 6. The molecule has 0 fully saturated rings. The maximum absolute atomic E-state index is 6.08. The topological polar surface area (TPSA) is 15.3 Å². The number of halogens is 1. The summed E-state index contributed by atoms with van der Waals surface area (Å²) < 4.78 is 1.78. The maximum Gasteiger partial charge on any atom is 0.0389 e. The molecule has 0 atom stereocenters. The molecule has 0 saturated carbocycles. The molecule has 15 heavy (non-hydrogen) atoms. The zero-order valence-electron chi connectivity index (χ0n) is 9.04. The Morgan fingerprint density at radius 3 is 2.67 bits per heavy atom. The minimum atomic E-state index is 0.763. The van der Waals surface area contributed by atoms with E-state index < -0.39 is 0 Å². The van der Waals surface area contributed by atoms with Gasteiger partial charge in [0.2, 0.25) is 0 Å². The highest BCUT2D eigenvalue weighted by molar-refractivity contribution is 6.13. The van der Waals surface area contributed by atoms with Crippen LogP contribution in [0.5, 0.6) is 0 Å². The van der Waals surface area contributed by atoms with E-state index in [0.29, 0.717) is 0 Å². The van der Waals surface area contributed by atoms with Crippen LogP contribution in [0.15, 0.2) is 42.6 Å². The van der Waals surface area contributed by atoms with Gasteiger partial charge in [0.25, 0.3) is 0 Å². The van der Waals surface area contributed by atoms with Gasteiger partial charge in [-0.2, -0.15) is 0 Å². The van der Waals surface area contributed by atoms with Crippen molar-refractivity contribution in [1.82, 2.24) is 9.74 Å². The van der Waals surface area contributed by atoms with Crippen LogP contribution < -0.4 is 5.32 Å². The third-order valence-corrected chi connectivity index (χ3v) is 2.50. The number of hydrogen-bond donors (Lipinski definition) is 1. The molecule has 0 aliphatic heterocycles. The zero-order chi connectivity index (χ0) is 11.1. The van der Waals surface area contributed by atoms with Crippen molar-refractivity contribution < 1.29 is 0 Å². The Hall–Kier alpha value is -0.990. The summed E-state index contributed by atoms with van der Waals surface area (Å²) in [6, 6.07) is 10.2. The van der Waals surface area contributed by atoms with E-state index in [2.05, 4.69) is 24.0 Å². The summed E-state index contributed by atoms with van der Waals surface area (Å²) in [5, 5.41) is 3.00. The molecule has 0 aromatic heterocycles. The van der Waals surface area contributed by atoms with Crippen molar-refractivity contribution in [2.45, 2.75) is 13.0 Å². The monoisotopic (exact) mass is 224 g/mol. The molecule has 0 heterocycles. The van der Waals surface area contributed by atoms with Gasteiger partial charge in [0.1, 0.15) is 0 Å². The standard InChI is InChI=1S/C12H17ClN2/c1-11(14-2)8-9-15(13)10-12-6-4-3-5-7-12/h3-7,14H,1,8-10H2,2H3. The Labute approximate surface area is 96.7 Å². The van der Waals surface area contributed by atoms with Crippen molar-refractivity contribution in [2.75, 3.05) is 13.6 Å². The first-order valence-electron chi connectivity index (χ1n) is 5.02. The predicted octanol–water partition coefficient (Wildman–Crippen LogP) is 2.77. The van der Waals surface area contributed by atoms with Crippen molar-refractivity contribution in [2.24, 2.45) is 0 Å². The molecule has 1 aromatic rings. The van der Waals surface area contributed by atoms with E-state index in [-0.39, 0.29) is 0 Å². The number of hydrogen-bond acceptors (Lipinski definition) is 2. The molecule has 1 N–H and O–H groups in total. The quantitative estimate of drug-likeness (QED) is 0.748. The molecule has 3 heteroatoms. The van der Waals surface area contributed by atoms with Crippen LogP contribution in [-0.4, -0.2) is 18.0 Å². The van der Waals surface area contributed by atoms with Gasteiger partial charge in [0, 0.05) is 32.3 Å². The third kappa shape index (κ3) is 4.86. The fourth-order valence-electron chi connectivity index (χ4n) is 1.24. The molecule has 82 valence electrons. The summed E-state index contributed by atoms with van der Waals surface area (Å²) in [5.74, 6) is 0. The highest BCUT2D eigenvalue weighted by atomic mass is 35.5. The smallest absolute Gasteiger partial charge is 0.0389 e. The lowest BCUT2D eigenvalue weighted by atomic mass is 10.2. The van der Waals surface area contributed by atoms with Crippen LogP contribution in [-0.2, 0) is 6.54 Å². The Bertz CT molecular complexity index is 298. The Morgan fingerprint density at radius 1 is 1.40 bits per heavy atom. The lowest BCUT2D eigenvalue weighted by Crippen LogP contribution is -2.16. The van der Waals surface area contributed by atoms with Gasteiger partial charge in [0.15, 0.2) is 0 Å². The van der Waals surface area contributed by atoms with Gasteiger partial charge in [-0.25, -0.2) is 4.42 Å². The molecule has 0 spiro atoms. The zero-order valence-corrected chi connectivity index (χ0v) is 9.80. The molecule has 0 amide bonds. The van der Waals surface area contributed by atoms with Gasteiger partial charge in [0.05, 0.1) is 0 Å². The van der Waals surface area contributed by atoms with E-state index in [0.717, 1.165) is 25.2 Å². The summed E-state index contributed by atoms with van der Waals surface area (Å²) in [6.07, 6.45) is 0.868. The molecule has 0 aliphatic carbocycles. The Kier molecular flexibility index (Phi) is 5.22. The molecule has 0 aliphatic rings. The highest BCUT2D eigenvalue weighted by Gasteiger charge is 2.02. The van der Waals surface area contributed by atoms with Crippen molar-refractivity contribution >= 4 is 11.8 Å². The van der Waals surface area contributed by atoms with Crippen molar-refractivity contribution in [3.8, 4) is 0 Å². The normalized spacial score (nSPS) is 10.3. The molecule has 0 radical (unpaired) electrons. The van der Waals surface area contributed by atoms with Crippen LogP contribution >= 0.6 is 11.8 Å². The van der Waals surface area contributed by atoms with Crippen LogP contribution in [0.1, 0.15) is 12.0 Å². The van der Waals surface area contributed by atoms with Crippen LogP contribution in [0.4, 0.5) is 0 Å². The lowest BCUT2D eigenvalue weighted by molar-refractivity contribution is 0.450. The Balaban J connectivity index is 2.30. The lowest BCUT2D eigenvalue weighted by Gasteiger charge is -2.14. The summed E-state index contributed by atoms with van der Waals surface area (Å²) in [6.45, 7) is 5.42. The van der Waals surface area contributed by atoms with E-state index in [9.17, 15) is 0 Å². The second kappa shape index (κ2) is 6.49. The van der Waals surface area contributed by atoms with Gasteiger partial charge < -0.3 is 5.32 Å². The largest absolute Gasteiger partial charge is 0.392 e. The summed E-state index contributed by atoms with van der Waals surface area (Å²) in [4.78, 5) is 0. The molecule has 1 rings (SSSR count). The van der Waals surface area contributed by atoms with Gasteiger partial charge in [-0.05, 0) is 17.3 Å². The SMILES string of the molecule is C=C(CCN(Cl)Cc1ccccc1)NC. The van der Waals surface area contributed by atoms with E-state index in [1.54, 1.807) is 4.42 Å². The van der Waals surface area contributed by atoms with Gasteiger partial charge in [-0.1, -0.05) is 36.9 Å². The average Bonchev–Trinajstić information content (AvgIpc) is 2.27. The molecule has 2 nitrogen and oxygen atoms in total. The molecule has 1 aromatic carbocycles. The highest BCUT2D eigenvalue weighted by Crippen LogP contribution is 2.08. The number of benzene rings is 1. The number of nitrogens with zero attached hydrogens (tertiary/aromatic N) is 1. The first kappa shape index (κ1) is 12.1. The molecular formula is C12H17ClN2. The second-order valence-electron chi connectivity index (χ2n) is 3.43. The van der Waals surface area contributed by atoms with E-state index in [1.807, 2.05) is 25.2 Å². The van der Waals surface area contributed by atoms with Crippen molar-refractivity contribution in [3.05, 3.63) is 48.2 Å². The first-order chi connectivity index (χ1) is 7.22. The van der Waals surface area contributed by atoms with Crippen molar-refractivity contribution in [3.63, 3.8) is 0 Å². The van der Waals surface area contributed by atoms with E-state index in [4.69, 9.17) is 11.8 Å². The van der Waals surface area contributed by atoms with Crippen LogP contribution in [0.25, 0.3) is 0 Å². The van der Waals surface area contributed by atoms with E-state index in [1.165, 1.54) is 5.56 Å². The molecule has 0 unspecified atom stereocenters. The second-order valence-corrected chi connectivity index (χ2v) is 3.91. The molecular weight excluding hydrogens is 208 g/mol. The third-order valence-electron chi connectivity index (χ3n) is 2.21. The minimum Gasteiger partial charge on any atom is -0.392 e. The predicted molar refractivity (Wildman–Crippen MR) is 65.5 cm³/mol.